The molecule has 0 fully saturated rings. The number of rotatable bonds is 6. The number of benzene rings is 1. The Hall–Kier alpha value is -1.26. The number of halogens is 1. The van der Waals surface area contributed by atoms with E-state index in [0.717, 1.165) is 40.1 Å². The van der Waals surface area contributed by atoms with E-state index >= 15 is 0 Å². The van der Waals surface area contributed by atoms with Crippen LogP contribution in [0.15, 0.2) is 39.4 Å². The third-order valence-electron chi connectivity index (χ3n) is 3.19. The summed E-state index contributed by atoms with van der Waals surface area (Å²) in [6.45, 7) is 5.05. The molecule has 0 saturated heterocycles. The van der Waals surface area contributed by atoms with Crippen molar-refractivity contribution >= 4 is 15.9 Å². The van der Waals surface area contributed by atoms with Crippen molar-refractivity contribution in [1.82, 2.24) is 5.32 Å². The number of aryl methyl sites for hydroxylation is 1. The molecule has 1 aromatic heterocycles. The van der Waals surface area contributed by atoms with Crippen LogP contribution in [0.2, 0.25) is 0 Å². The topological polar surface area (TPSA) is 34.4 Å². The molecular weight excluding hydrogens is 318 g/mol. The van der Waals surface area contributed by atoms with Crippen molar-refractivity contribution in [2.24, 2.45) is 0 Å². The van der Waals surface area contributed by atoms with Gasteiger partial charge in [0.2, 0.25) is 0 Å². The predicted molar refractivity (Wildman–Crippen MR) is 84.3 cm³/mol. The number of nitrogens with one attached hydrogen (secondary N) is 1. The SMILES string of the molecule is CCCNC(c1coc(C)c1)c1cc(Br)ccc1OC. The van der Waals surface area contributed by atoms with Gasteiger partial charge in [0.15, 0.2) is 0 Å². The van der Waals surface area contributed by atoms with Crippen molar-refractivity contribution in [3.63, 3.8) is 0 Å². The van der Waals surface area contributed by atoms with Crippen molar-refractivity contribution < 1.29 is 9.15 Å². The summed E-state index contributed by atoms with van der Waals surface area (Å²) in [6.07, 6.45) is 2.88. The molecule has 1 aromatic carbocycles. The van der Waals surface area contributed by atoms with E-state index in [1.54, 1.807) is 7.11 Å². The van der Waals surface area contributed by atoms with Crippen LogP contribution >= 0.6 is 15.9 Å². The number of hydrogen-bond acceptors (Lipinski definition) is 3. The van der Waals surface area contributed by atoms with E-state index in [-0.39, 0.29) is 6.04 Å². The fourth-order valence-electron chi connectivity index (χ4n) is 2.24. The Morgan fingerprint density at radius 2 is 2.15 bits per heavy atom. The molecule has 1 N–H and O–H groups in total. The zero-order valence-corrected chi connectivity index (χ0v) is 13.7. The molecule has 1 atom stereocenters. The second-order valence-electron chi connectivity index (χ2n) is 4.76. The molecule has 0 aliphatic rings. The molecule has 108 valence electrons. The molecule has 0 spiro atoms. The lowest BCUT2D eigenvalue weighted by Gasteiger charge is -2.20. The maximum absolute atomic E-state index is 5.50. The first kappa shape index (κ1) is 15.1. The van der Waals surface area contributed by atoms with Crippen molar-refractivity contribution in [3.8, 4) is 5.75 Å². The zero-order chi connectivity index (χ0) is 14.5. The lowest BCUT2D eigenvalue weighted by atomic mass is 9.99. The van der Waals surface area contributed by atoms with Crippen LogP contribution in [0.1, 0.15) is 36.3 Å². The Balaban J connectivity index is 2.42. The van der Waals surface area contributed by atoms with Gasteiger partial charge in [0.05, 0.1) is 19.4 Å². The van der Waals surface area contributed by atoms with Gasteiger partial charge in [-0.3, -0.25) is 0 Å². The molecule has 0 amide bonds. The van der Waals surface area contributed by atoms with Crippen LogP contribution in [0, 0.1) is 6.92 Å². The van der Waals surface area contributed by atoms with Crippen LogP contribution in [-0.2, 0) is 0 Å². The average Bonchev–Trinajstić information content (AvgIpc) is 2.86. The Labute approximate surface area is 128 Å². The van der Waals surface area contributed by atoms with E-state index in [1.807, 2.05) is 25.3 Å². The molecule has 20 heavy (non-hydrogen) atoms. The van der Waals surface area contributed by atoms with Crippen molar-refractivity contribution in [3.05, 3.63) is 51.9 Å². The minimum atomic E-state index is 0.0693. The fourth-order valence-corrected chi connectivity index (χ4v) is 2.62. The third kappa shape index (κ3) is 3.44. The molecule has 2 rings (SSSR count). The first-order chi connectivity index (χ1) is 9.65. The predicted octanol–water partition coefficient (Wildman–Crippen LogP) is 4.45. The van der Waals surface area contributed by atoms with E-state index < -0.39 is 0 Å². The standard InChI is InChI=1S/C16H20BrNO2/c1-4-7-18-16(12-8-11(2)20-10-12)14-9-13(17)5-6-15(14)19-3/h5-6,8-10,16,18H,4,7H2,1-3H3. The molecule has 0 aliphatic heterocycles. The molecular formula is C16H20BrNO2. The van der Waals surface area contributed by atoms with Gasteiger partial charge in [-0.05, 0) is 44.2 Å². The highest BCUT2D eigenvalue weighted by atomic mass is 79.9. The smallest absolute Gasteiger partial charge is 0.124 e. The second-order valence-corrected chi connectivity index (χ2v) is 5.68. The van der Waals surface area contributed by atoms with Crippen LogP contribution in [0.4, 0.5) is 0 Å². The molecule has 1 unspecified atom stereocenters. The summed E-state index contributed by atoms with van der Waals surface area (Å²) in [4.78, 5) is 0. The second kappa shape index (κ2) is 6.95. The van der Waals surface area contributed by atoms with E-state index in [4.69, 9.17) is 9.15 Å². The van der Waals surface area contributed by atoms with Gasteiger partial charge in [0.1, 0.15) is 11.5 Å². The molecule has 0 bridgehead atoms. The highest BCUT2D eigenvalue weighted by molar-refractivity contribution is 9.10. The van der Waals surface area contributed by atoms with E-state index in [9.17, 15) is 0 Å². The van der Waals surface area contributed by atoms with Gasteiger partial charge >= 0.3 is 0 Å². The number of furan rings is 1. The van der Waals surface area contributed by atoms with Crippen molar-refractivity contribution in [2.45, 2.75) is 26.3 Å². The highest BCUT2D eigenvalue weighted by Crippen LogP contribution is 2.33. The van der Waals surface area contributed by atoms with Crippen molar-refractivity contribution in [1.29, 1.82) is 0 Å². The lowest BCUT2D eigenvalue weighted by Crippen LogP contribution is -2.23. The van der Waals surface area contributed by atoms with Gasteiger partial charge in [-0.2, -0.15) is 0 Å². The van der Waals surface area contributed by atoms with E-state index in [0.29, 0.717) is 0 Å². The molecule has 2 aromatic rings. The molecule has 0 radical (unpaired) electrons. The zero-order valence-electron chi connectivity index (χ0n) is 12.1. The molecule has 0 saturated carbocycles. The number of hydrogen-bond donors (Lipinski definition) is 1. The Bertz CT molecular complexity index is 565. The Kier molecular flexibility index (Phi) is 5.26. The molecule has 1 heterocycles. The Morgan fingerprint density at radius 3 is 2.75 bits per heavy atom. The molecule has 0 aliphatic carbocycles. The summed E-state index contributed by atoms with van der Waals surface area (Å²) < 4.78 is 12.0. The summed E-state index contributed by atoms with van der Waals surface area (Å²) in [5.74, 6) is 1.79. The highest BCUT2D eigenvalue weighted by Gasteiger charge is 2.19. The van der Waals surface area contributed by atoms with Crippen LogP contribution in [0.25, 0.3) is 0 Å². The first-order valence-electron chi connectivity index (χ1n) is 6.77. The summed E-state index contributed by atoms with van der Waals surface area (Å²) in [5.41, 5.74) is 2.23. The van der Waals surface area contributed by atoms with Gasteiger partial charge in [-0.1, -0.05) is 22.9 Å². The first-order valence-corrected chi connectivity index (χ1v) is 7.56. The van der Waals surface area contributed by atoms with E-state index in [1.165, 1.54) is 0 Å². The number of methoxy groups -OCH3 is 1. The van der Waals surface area contributed by atoms with Gasteiger partial charge < -0.3 is 14.5 Å². The fraction of sp³-hybridized carbons (Fsp3) is 0.375. The third-order valence-corrected chi connectivity index (χ3v) is 3.68. The average molecular weight is 338 g/mol. The summed E-state index contributed by atoms with van der Waals surface area (Å²) in [5, 5.41) is 3.56. The largest absolute Gasteiger partial charge is 0.496 e. The molecule has 3 nitrogen and oxygen atoms in total. The van der Waals surface area contributed by atoms with Gasteiger partial charge in [0.25, 0.3) is 0 Å². The summed E-state index contributed by atoms with van der Waals surface area (Å²) >= 11 is 3.53. The maximum atomic E-state index is 5.50. The van der Waals surface area contributed by atoms with Crippen LogP contribution in [0.5, 0.6) is 5.75 Å². The van der Waals surface area contributed by atoms with Crippen LogP contribution in [-0.4, -0.2) is 13.7 Å². The maximum Gasteiger partial charge on any atom is 0.124 e. The van der Waals surface area contributed by atoms with Crippen molar-refractivity contribution in [2.75, 3.05) is 13.7 Å². The lowest BCUT2D eigenvalue weighted by molar-refractivity contribution is 0.403. The monoisotopic (exact) mass is 337 g/mol. The Morgan fingerprint density at radius 1 is 1.35 bits per heavy atom. The van der Waals surface area contributed by atoms with Crippen LogP contribution in [0.3, 0.4) is 0 Å². The summed E-state index contributed by atoms with van der Waals surface area (Å²) in [7, 11) is 1.70. The van der Waals surface area contributed by atoms with Gasteiger partial charge in [0, 0.05) is 15.6 Å². The van der Waals surface area contributed by atoms with Crippen LogP contribution < -0.4 is 10.1 Å². The van der Waals surface area contributed by atoms with Gasteiger partial charge in [-0.25, -0.2) is 0 Å². The molecule has 4 heteroatoms. The minimum Gasteiger partial charge on any atom is -0.496 e. The van der Waals surface area contributed by atoms with E-state index in [2.05, 4.69) is 40.3 Å². The summed E-state index contributed by atoms with van der Waals surface area (Å²) in [6, 6.07) is 8.19. The van der Waals surface area contributed by atoms with Gasteiger partial charge in [-0.15, -0.1) is 0 Å². The number of ether oxygens (including phenoxy) is 1. The minimum absolute atomic E-state index is 0.0693. The normalized spacial score (nSPS) is 12.4. The quantitative estimate of drug-likeness (QED) is 0.845.